The lowest BCUT2D eigenvalue weighted by Crippen LogP contribution is -2.41. The zero-order valence-corrected chi connectivity index (χ0v) is 11.9. The fraction of sp³-hybridized carbons (Fsp3) is 0.176. The van der Waals surface area contributed by atoms with Crippen molar-refractivity contribution in [2.45, 2.75) is 19.1 Å². The number of amides is 1. The molecule has 22 heavy (non-hydrogen) atoms. The lowest BCUT2D eigenvalue weighted by atomic mass is 10.1. The zero-order valence-electron chi connectivity index (χ0n) is 11.9. The molecule has 0 bridgehead atoms. The molecule has 1 N–H and O–H groups in total. The van der Waals surface area contributed by atoms with Gasteiger partial charge in [-0.05, 0) is 11.1 Å². The van der Waals surface area contributed by atoms with Crippen molar-refractivity contribution in [2.24, 2.45) is 0 Å². The van der Waals surface area contributed by atoms with E-state index in [9.17, 15) is 14.0 Å². The molecule has 2 rings (SSSR count). The molecular weight excluding hydrogens is 285 g/mol. The maximum atomic E-state index is 13.1. The minimum Gasteiger partial charge on any atom is -0.445 e. The third kappa shape index (κ3) is 5.01. The standard InChI is InChI=1S/C17H16FNO3/c18-16(20)15(11-13-7-3-1-4-8-13)19-17(21)22-12-14-9-5-2-6-10-14/h1-10,15H,11-12H2,(H,19,21)/t15-/m0/s1. The molecule has 0 spiro atoms. The van der Waals surface area contributed by atoms with Gasteiger partial charge in [-0.15, -0.1) is 0 Å². The van der Waals surface area contributed by atoms with Crippen LogP contribution in [-0.4, -0.2) is 18.2 Å². The van der Waals surface area contributed by atoms with Gasteiger partial charge in [-0.3, -0.25) is 4.79 Å². The third-order valence-corrected chi connectivity index (χ3v) is 3.06. The van der Waals surface area contributed by atoms with Crippen molar-refractivity contribution in [1.29, 1.82) is 0 Å². The maximum Gasteiger partial charge on any atom is 0.408 e. The van der Waals surface area contributed by atoms with E-state index in [-0.39, 0.29) is 13.0 Å². The van der Waals surface area contributed by atoms with Gasteiger partial charge in [0.25, 0.3) is 0 Å². The van der Waals surface area contributed by atoms with Crippen molar-refractivity contribution in [1.82, 2.24) is 5.32 Å². The van der Waals surface area contributed by atoms with E-state index in [1.54, 1.807) is 36.4 Å². The second-order valence-corrected chi connectivity index (χ2v) is 4.75. The number of ether oxygens (including phenoxy) is 1. The van der Waals surface area contributed by atoms with Crippen LogP contribution in [-0.2, 0) is 22.6 Å². The van der Waals surface area contributed by atoms with Crippen LogP contribution in [0.1, 0.15) is 11.1 Å². The summed E-state index contributed by atoms with van der Waals surface area (Å²) in [6.07, 6.45) is -0.743. The predicted octanol–water partition coefficient (Wildman–Crippen LogP) is 3.02. The number of benzene rings is 2. The molecule has 0 aliphatic carbocycles. The summed E-state index contributed by atoms with van der Waals surface area (Å²) >= 11 is 0. The molecule has 0 saturated carbocycles. The van der Waals surface area contributed by atoms with Crippen LogP contribution in [0.2, 0.25) is 0 Å². The smallest absolute Gasteiger partial charge is 0.408 e. The molecule has 0 fully saturated rings. The Morgan fingerprint density at radius 2 is 1.50 bits per heavy atom. The molecule has 2 aromatic rings. The van der Waals surface area contributed by atoms with Crippen molar-refractivity contribution >= 4 is 12.1 Å². The van der Waals surface area contributed by atoms with Gasteiger partial charge in [0.15, 0.2) is 0 Å². The van der Waals surface area contributed by atoms with E-state index in [2.05, 4.69) is 5.32 Å². The van der Waals surface area contributed by atoms with Crippen LogP contribution in [0, 0.1) is 0 Å². The van der Waals surface area contributed by atoms with Gasteiger partial charge in [-0.25, -0.2) is 4.79 Å². The highest BCUT2D eigenvalue weighted by molar-refractivity contribution is 5.80. The van der Waals surface area contributed by atoms with E-state index >= 15 is 0 Å². The average molecular weight is 301 g/mol. The number of hydrogen-bond donors (Lipinski definition) is 1. The van der Waals surface area contributed by atoms with E-state index in [1.807, 2.05) is 24.3 Å². The first-order valence-corrected chi connectivity index (χ1v) is 6.85. The van der Waals surface area contributed by atoms with Gasteiger partial charge in [0.05, 0.1) is 0 Å². The molecule has 2 aromatic carbocycles. The van der Waals surface area contributed by atoms with Gasteiger partial charge in [0.1, 0.15) is 12.6 Å². The maximum absolute atomic E-state index is 13.1. The Hall–Kier alpha value is -2.69. The zero-order chi connectivity index (χ0) is 15.8. The second-order valence-electron chi connectivity index (χ2n) is 4.75. The minimum absolute atomic E-state index is 0.0607. The molecular formula is C17H16FNO3. The van der Waals surface area contributed by atoms with Crippen molar-refractivity contribution in [3.63, 3.8) is 0 Å². The molecule has 0 heterocycles. The molecule has 1 amide bonds. The van der Waals surface area contributed by atoms with E-state index in [4.69, 9.17) is 4.74 Å². The first-order chi connectivity index (χ1) is 10.6. The Balaban J connectivity index is 1.88. The number of nitrogens with one attached hydrogen (secondary N) is 1. The van der Waals surface area contributed by atoms with Crippen molar-refractivity contribution in [3.8, 4) is 0 Å². The summed E-state index contributed by atoms with van der Waals surface area (Å²) in [4.78, 5) is 22.7. The molecule has 0 aliphatic heterocycles. The Morgan fingerprint density at radius 3 is 2.05 bits per heavy atom. The van der Waals surface area contributed by atoms with E-state index < -0.39 is 18.2 Å². The molecule has 0 radical (unpaired) electrons. The molecule has 1 atom stereocenters. The second kappa shape index (κ2) is 7.93. The third-order valence-electron chi connectivity index (χ3n) is 3.06. The highest BCUT2D eigenvalue weighted by Gasteiger charge is 2.21. The largest absolute Gasteiger partial charge is 0.445 e. The molecule has 0 aliphatic rings. The number of carbonyl (C=O) groups excluding carboxylic acids is 2. The number of carbonyl (C=O) groups is 2. The number of hydrogen-bond acceptors (Lipinski definition) is 3. The van der Waals surface area contributed by atoms with Crippen LogP contribution >= 0.6 is 0 Å². The van der Waals surface area contributed by atoms with Crippen LogP contribution < -0.4 is 5.32 Å². The number of alkyl carbamates (subject to hydrolysis) is 1. The summed E-state index contributed by atoms with van der Waals surface area (Å²) < 4.78 is 18.0. The van der Waals surface area contributed by atoms with Crippen molar-refractivity contribution in [2.75, 3.05) is 0 Å². The van der Waals surface area contributed by atoms with E-state index in [0.717, 1.165) is 11.1 Å². The summed E-state index contributed by atoms with van der Waals surface area (Å²) in [5, 5.41) is 2.25. The van der Waals surface area contributed by atoms with Crippen LogP contribution in [0.15, 0.2) is 60.7 Å². The van der Waals surface area contributed by atoms with Crippen LogP contribution in [0.3, 0.4) is 0 Å². The average Bonchev–Trinajstić information content (AvgIpc) is 2.54. The minimum atomic E-state index is -1.60. The Bertz CT molecular complexity index is 616. The predicted molar refractivity (Wildman–Crippen MR) is 79.8 cm³/mol. The van der Waals surface area contributed by atoms with Gasteiger partial charge >= 0.3 is 12.1 Å². The summed E-state index contributed by atoms with van der Waals surface area (Å²) in [5.41, 5.74) is 1.56. The van der Waals surface area contributed by atoms with Gasteiger partial charge in [-0.1, -0.05) is 60.7 Å². The highest BCUT2D eigenvalue weighted by Crippen LogP contribution is 2.06. The lowest BCUT2D eigenvalue weighted by molar-refractivity contribution is -0.131. The van der Waals surface area contributed by atoms with Crippen molar-refractivity contribution < 1.29 is 18.7 Å². The fourth-order valence-corrected chi connectivity index (χ4v) is 1.94. The summed E-state index contributed by atoms with van der Waals surface area (Å²) in [5.74, 6) is 0. The van der Waals surface area contributed by atoms with Gasteiger partial charge in [-0.2, -0.15) is 4.39 Å². The molecule has 0 aromatic heterocycles. The molecule has 114 valence electrons. The highest BCUT2D eigenvalue weighted by atomic mass is 19.1. The van der Waals surface area contributed by atoms with E-state index in [0.29, 0.717) is 0 Å². The van der Waals surface area contributed by atoms with Gasteiger partial charge < -0.3 is 10.1 Å². The summed E-state index contributed by atoms with van der Waals surface area (Å²) in [6.45, 7) is 0.0607. The lowest BCUT2D eigenvalue weighted by Gasteiger charge is -2.14. The Labute approximate surface area is 127 Å². The van der Waals surface area contributed by atoms with Crippen LogP contribution in [0.25, 0.3) is 0 Å². The first kappa shape index (κ1) is 15.7. The topological polar surface area (TPSA) is 55.4 Å². The summed E-state index contributed by atoms with van der Waals surface area (Å²) in [6, 6.07) is 15.1. The molecule has 0 saturated heterocycles. The monoisotopic (exact) mass is 301 g/mol. The SMILES string of the molecule is O=C(N[C@@H](Cc1ccccc1)C(=O)F)OCc1ccccc1. The normalized spacial score (nSPS) is 11.5. The quantitative estimate of drug-likeness (QED) is 0.834. The van der Waals surface area contributed by atoms with E-state index in [1.165, 1.54) is 0 Å². The number of rotatable bonds is 6. The van der Waals surface area contributed by atoms with Crippen LogP contribution in [0.5, 0.6) is 0 Å². The van der Waals surface area contributed by atoms with Crippen molar-refractivity contribution in [3.05, 3.63) is 71.8 Å². The fourth-order valence-electron chi connectivity index (χ4n) is 1.94. The summed E-state index contributed by atoms with van der Waals surface area (Å²) in [7, 11) is 0. The molecule has 0 unspecified atom stereocenters. The first-order valence-electron chi connectivity index (χ1n) is 6.85. The Kier molecular flexibility index (Phi) is 5.65. The molecule has 4 nitrogen and oxygen atoms in total. The Morgan fingerprint density at radius 1 is 0.955 bits per heavy atom. The van der Waals surface area contributed by atoms with Gasteiger partial charge in [0, 0.05) is 6.42 Å². The van der Waals surface area contributed by atoms with Gasteiger partial charge in [0.2, 0.25) is 0 Å². The van der Waals surface area contributed by atoms with Crippen LogP contribution in [0.4, 0.5) is 9.18 Å². The number of halogens is 1. The molecule has 5 heteroatoms.